The van der Waals surface area contributed by atoms with Crippen molar-refractivity contribution in [1.29, 1.82) is 0 Å². The number of benzene rings is 1. The van der Waals surface area contributed by atoms with Crippen LogP contribution >= 0.6 is 0 Å². The van der Waals surface area contributed by atoms with Crippen molar-refractivity contribution in [2.75, 3.05) is 4.90 Å². The van der Waals surface area contributed by atoms with E-state index in [-0.39, 0.29) is 23.3 Å². The molecule has 1 aromatic carbocycles. The molecule has 5 heteroatoms. The van der Waals surface area contributed by atoms with Crippen molar-refractivity contribution in [3.8, 4) is 0 Å². The molecule has 1 amide bonds. The summed E-state index contributed by atoms with van der Waals surface area (Å²) >= 11 is 0. The first kappa shape index (κ1) is 16.6. The molecule has 0 fully saturated rings. The zero-order chi connectivity index (χ0) is 17.5. The van der Waals surface area contributed by atoms with Crippen LogP contribution in [-0.4, -0.2) is 16.9 Å². The molecule has 1 aliphatic rings. The zero-order valence-corrected chi connectivity index (χ0v) is 14.7. The molecule has 0 spiro atoms. The van der Waals surface area contributed by atoms with Crippen LogP contribution in [0.25, 0.3) is 0 Å². The van der Waals surface area contributed by atoms with Gasteiger partial charge in [-0.25, -0.2) is 4.98 Å². The molecule has 1 aromatic heterocycles. The largest absolute Gasteiger partial charge is 0.443 e. The molecule has 5 nitrogen and oxygen atoms in total. The van der Waals surface area contributed by atoms with Crippen molar-refractivity contribution < 1.29 is 9.21 Å². The Morgan fingerprint density at radius 1 is 1.38 bits per heavy atom. The van der Waals surface area contributed by atoms with Crippen molar-refractivity contribution in [2.45, 2.75) is 58.0 Å². The molecular weight excluding hydrogens is 302 g/mol. The lowest BCUT2D eigenvalue weighted by atomic mass is 9.85. The number of hydrogen-bond acceptors (Lipinski definition) is 4. The van der Waals surface area contributed by atoms with Crippen LogP contribution in [0, 0.1) is 0 Å². The van der Waals surface area contributed by atoms with Gasteiger partial charge in [0, 0.05) is 17.1 Å². The summed E-state index contributed by atoms with van der Waals surface area (Å²) in [6.07, 6.45) is 2.52. The van der Waals surface area contributed by atoms with Crippen molar-refractivity contribution >= 4 is 11.6 Å². The number of oxazole rings is 1. The highest BCUT2D eigenvalue weighted by atomic mass is 16.4. The van der Waals surface area contributed by atoms with E-state index in [9.17, 15) is 4.79 Å². The molecule has 0 unspecified atom stereocenters. The average Bonchev–Trinajstić information content (AvgIpc) is 2.98. The van der Waals surface area contributed by atoms with Gasteiger partial charge < -0.3 is 15.1 Å². The summed E-state index contributed by atoms with van der Waals surface area (Å²) in [7, 11) is 0. The number of fused-ring (bicyclic) bond motifs is 1. The van der Waals surface area contributed by atoms with Crippen LogP contribution in [0.4, 0.5) is 5.69 Å². The first-order valence-electron chi connectivity index (χ1n) is 8.37. The molecule has 0 radical (unpaired) electrons. The lowest BCUT2D eigenvalue weighted by Gasteiger charge is -2.39. The Kier molecular flexibility index (Phi) is 4.11. The molecule has 0 saturated heterocycles. The fraction of sp³-hybridized carbons (Fsp3) is 0.474. The summed E-state index contributed by atoms with van der Waals surface area (Å²) in [5.74, 6) is 1.08. The van der Waals surface area contributed by atoms with Gasteiger partial charge in [0.15, 0.2) is 0 Å². The Balaban J connectivity index is 1.92. The van der Waals surface area contributed by atoms with E-state index < -0.39 is 0 Å². The fourth-order valence-corrected chi connectivity index (χ4v) is 3.26. The van der Waals surface area contributed by atoms with Crippen LogP contribution in [0.3, 0.4) is 0 Å². The number of rotatable bonds is 3. The molecular formula is C19H25N3O2. The van der Waals surface area contributed by atoms with Gasteiger partial charge in [-0.1, -0.05) is 39.0 Å². The van der Waals surface area contributed by atoms with Crippen LogP contribution < -0.4 is 10.6 Å². The predicted octanol–water partition coefficient (Wildman–Crippen LogP) is 3.34. The van der Waals surface area contributed by atoms with Crippen LogP contribution in [0.5, 0.6) is 0 Å². The third kappa shape index (κ3) is 3.03. The maximum atomic E-state index is 11.8. The van der Waals surface area contributed by atoms with Gasteiger partial charge in [0.25, 0.3) is 0 Å². The van der Waals surface area contributed by atoms with Gasteiger partial charge in [0.1, 0.15) is 5.76 Å². The zero-order valence-electron chi connectivity index (χ0n) is 14.7. The summed E-state index contributed by atoms with van der Waals surface area (Å²) in [5.41, 5.74) is 7.57. The van der Waals surface area contributed by atoms with Crippen molar-refractivity contribution in [3.63, 3.8) is 0 Å². The predicted molar refractivity (Wildman–Crippen MR) is 93.8 cm³/mol. The van der Waals surface area contributed by atoms with Gasteiger partial charge >= 0.3 is 0 Å². The summed E-state index contributed by atoms with van der Waals surface area (Å²) in [6, 6.07) is 8.14. The van der Waals surface area contributed by atoms with Gasteiger partial charge in [0.2, 0.25) is 11.8 Å². The van der Waals surface area contributed by atoms with E-state index in [2.05, 4.69) is 37.6 Å². The Morgan fingerprint density at radius 3 is 2.71 bits per heavy atom. The first-order valence-corrected chi connectivity index (χ1v) is 8.37. The van der Waals surface area contributed by atoms with Crippen LogP contribution in [-0.2, 0) is 16.8 Å². The number of nitrogens with two attached hydrogens (primary N) is 1. The summed E-state index contributed by atoms with van der Waals surface area (Å²) in [5, 5.41) is 0. The Bertz CT molecular complexity index is 745. The summed E-state index contributed by atoms with van der Waals surface area (Å²) in [4.78, 5) is 18.5. The molecule has 0 aliphatic carbocycles. The van der Waals surface area contributed by atoms with E-state index in [4.69, 9.17) is 10.2 Å². The molecule has 128 valence electrons. The number of para-hydroxylation sites is 1. The third-order valence-corrected chi connectivity index (χ3v) is 4.67. The SMILES string of the molecule is C[C@H]1C[C@@H](C(N)=O)c2ccccc2N1Cc1ncc(C(C)(C)C)o1. The molecule has 2 heterocycles. The molecule has 0 bridgehead atoms. The molecule has 3 rings (SSSR count). The number of aromatic nitrogens is 1. The van der Waals surface area contributed by atoms with Gasteiger partial charge in [-0.3, -0.25) is 4.79 Å². The van der Waals surface area contributed by atoms with E-state index in [1.54, 1.807) is 0 Å². The quantitative estimate of drug-likeness (QED) is 0.938. The minimum Gasteiger partial charge on any atom is -0.443 e. The number of amides is 1. The highest BCUT2D eigenvalue weighted by Crippen LogP contribution is 2.39. The number of nitrogens with zero attached hydrogens (tertiary/aromatic N) is 2. The van der Waals surface area contributed by atoms with Crippen LogP contribution in [0.15, 0.2) is 34.9 Å². The molecule has 0 saturated carbocycles. The monoisotopic (exact) mass is 327 g/mol. The molecule has 2 N–H and O–H groups in total. The molecule has 2 atom stereocenters. The lowest BCUT2D eigenvalue weighted by molar-refractivity contribution is -0.119. The third-order valence-electron chi connectivity index (χ3n) is 4.67. The van der Waals surface area contributed by atoms with E-state index in [0.29, 0.717) is 18.9 Å². The Morgan fingerprint density at radius 2 is 2.08 bits per heavy atom. The number of carbonyl (C=O) groups excluding carboxylic acids is 1. The van der Waals surface area contributed by atoms with Crippen molar-refractivity contribution in [3.05, 3.63) is 47.7 Å². The van der Waals surface area contributed by atoms with E-state index >= 15 is 0 Å². The smallest absolute Gasteiger partial charge is 0.225 e. The first-order chi connectivity index (χ1) is 11.3. The molecule has 1 aliphatic heterocycles. The van der Waals surface area contributed by atoms with Gasteiger partial charge in [-0.2, -0.15) is 0 Å². The van der Waals surface area contributed by atoms with E-state index in [1.165, 1.54) is 0 Å². The summed E-state index contributed by atoms with van der Waals surface area (Å²) in [6.45, 7) is 9.01. The number of hydrogen-bond donors (Lipinski definition) is 1. The second kappa shape index (κ2) is 5.96. The van der Waals surface area contributed by atoms with Gasteiger partial charge in [-0.05, 0) is 25.0 Å². The highest BCUT2D eigenvalue weighted by Gasteiger charge is 2.33. The minimum absolute atomic E-state index is 0.0618. The fourth-order valence-electron chi connectivity index (χ4n) is 3.26. The van der Waals surface area contributed by atoms with Gasteiger partial charge in [-0.15, -0.1) is 0 Å². The van der Waals surface area contributed by atoms with Crippen LogP contribution in [0.1, 0.15) is 57.2 Å². The van der Waals surface area contributed by atoms with Crippen LogP contribution in [0.2, 0.25) is 0 Å². The minimum atomic E-state index is -0.264. The maximum Gasteiger partial charge on any atom is 0.225 e. The topological polar surface area (TPSA) is 72.4 Å². The number of anilines is 1. The average molecular weight is 327 g/mol. The summed E-state index contributed by atoms with van der Waals surface area (Å²) < 4.78 is 5.94. The molecule has 24 heavy (non-hydrogen) atoms. The van der Waals surface area contributed by atoms with Crippen molar-refractivity contribution in [2.24, 2.45) is 5.73 Å². The standard InChI is InChI=1S/C19H25N3O2/c1-12-9-14(18(20)23)13-7-5-6-8-15(13)22(12)11-17-21-10-16(24-17)19(2,3)4/h5-8,10,12,14H,9,11H2,1-4H3,(H2,20,23)/t12-,14+/m0/s1. The second-order valence-electron chi connectivity index (χ2n) is 7.59. The normalized spacial score (nSPS) is 20.8. The van der Waals surface area contributed by atoms with E-state index in [0.717, 1.165) is 17.0 Å². The van der Waals surface area contributed by atoms with Gasteiger partial charge in [0.05, 0.1) is 18.7 Å². The number of carbonyl (C=O) groups is 1. The Hall–Kier alpha value is -2.30. The highest BCUT2D eigenvalue weighted by molar-refractivity contribution is 5.85. The molecule has 2 aromatic rings. The van der Waals surface area contributed by atoms with Crippen molar-refractivity contribution in [1.82, 2.24) is 4.98 Å². The maximum absolute atomic E-state index is 11.8. The second-order valence-corrected chi connectivity index (χ2v) is 7.59. The lowest BCUT2D eigenvalue weighted by Crippen LogP contribution is -2.41. The number of primary amides is 1. The van der Waals surface area contributed by atoms with E-state index in [1.807, 2.05) is 30.5 Å². The Labute approximate surface area is 142 Å².